The fourth-order valence-electron chi connectivity index (χ4n) is 3.81. The van der Waals surface area contributed by atoms with Crippen molar-refractivity contribution in [3.63, 3.8) is 0 Å². The Balaban J connectivity index is 1.66. The maximum Gasteiger partial charge on any atom is 0.221 e. The lowest BCUT2D eigenvalue weighted by molar-refractivity contribution is 0.122. The molecule has 0 aliphatic carbocycles. The van der Waals surface area contributed by atoms with Crippen molar-refractivity contribution in [2.45, 2.75) is 18.9 Å². The Morgan fingerprint density at radius 3 is 2.69 bits per heavy atom. The molecule has 1 aliphatic heterocycles. The summed E-state index contributed by atoms with van der Waals surface area (Å²) >= 11 is 0. The van der Waals surface area contributed by atoms with E-state index >= 15 is 0 Å². The quantitative estimate of drug-likeness (QED) is 0.765. The number of rotatable bonds is 5. The first-order valence-corrected chi connectivity index (χ1v) is 9.16. The summed E-state index contributed by atoms with van der Waals surface area (Å²) in [6.07, 6.45) is 6.28. The van der Waals surface area contributed by atoms with Crippen molar-refractivity contribution in [3.8, 4) is 11.1 Å². The van der Waals surface area contributed by atoms with Gasteiger partial charge in [-0.1, -0.05) is 30.3 Å². The maximum absolute atomic E-state index is 5.89. The zero-order valence-corrected chi connectivity index (χ0v) is 15.1. The minimum Gasteiger partial charge on any atom is -0.383 e. The van der Waals surface area contributed by atoms with Gasteiger partial charge in [-0.25, -0.2) is 4.98 Å². The van der Waals surface area contributed by atoms with Gasteiger partial charge in [0.15, 0.2) is 0 Å². The second-order valence-corrected chi connectivity index (χ2v) is 6.85. The Morgan fingerprint density at radius 2 is 1.96 bits per heavy atom. The number of hydrogen-bond donors (Lipinski definition) is 1. The first-order valence-electron chi connectivity index (χ1n) is 9.16. The van der Waals surface area contributed by atoms with Gasteiger partial charge in [0.05, 0.1) is 6.61 Å². The van der Waals surface area contributed by atoms with E-state index in [0.717, 1.165) is 50.1 Å². The average Bonchev–Trinajstić information content (AvgIpc) is 3.06. The Morgan fingerprint density at radius 1 is 1.19 bits per heavy atom. The van der Waals surface area contributed by atoms with E-state index in [9.17, 15) is 0 Å². The highest BCUT2D eigenvalue weighted by Crippen LogP contribution is 2.34. The van der Waals surface area contributed by atoms with Gasteiger partial charge in [0, 0.05) is 56.1 Å². The van der Waals surface area contributed by atoms with Gasteiger partial charge in [0.2, 0.25) is 5.95 Å². The van der Waals surface area contributed by atoms with Gasteiger partial charge < -0.3 is 19.9 Å². The van der Waals surface area contributed by atoms with Crippen LogP contribution in [0, 0.1) is 0 Å². The van der Waals surface area contributed by atoms with Crippen LogP contribution in [0.2, 0.25) is 0 Å². The molecule has 0 saturated carbocycles. The molecule has 0 radical (unpaired) electrons. The number of likely N-dealkylation sites (tertiary alicyclic amines) is 1. The van der Waals surface area contributed by atoms with Crippen LogP contribution in [0.3, 0.4) is 0 Å². The number of aromatic nitrogens is 3. The molecule has 0 spiro atoms. The minimum absolute atomic E-state index is 0.328. The van der Waals surface area contributed by atoms with Crippen molar-refractivity contribution in [1.82, 2.24) is 19.4 Å². The molecule has 1 saturated heterocycles. The van der Waals surface area contributed by atoms with Crippen LogP contribution < -0.4 is 5.73 Å². The lowest BCUT2D eigenvalue weighted by Gasteiger charge is -2.32. The topological polar surface area (TPSA) is 69.2 Å². The number of hydrogen-bond acceptors (Lipinski definition) is 5. The van der Waals surface area contributed by atoms with Gasteiger partial charge in [-0.2, -0.15) is 4.98 Å². The van der Waals surface area contributed by atoms with Gasteiger partial charge in [-0.05, 0) is 18.4 Å². The summed E-state index contributed by atoms with van der Waals surface area (Å²) in [6.45, 7) is 3.95. The van der Waals surface area contributed by atoms with Crippen molar-refractivity contribution in [2.75, 3.05) is 39.1 Å². The van der Waals surface area contributed by atoms with Crippen LogP contribution in [0.15, 0.2) is 42.7 Å². The summed E-state index contributed by atoms with van der Waals surface area (Å²) in [5, 5.41) is 1.06. The summed E-state index contributed by atoms with van der Waals surface area (Å²) in [7, 11) is 1.76. The molecule has 1 fully saturated rings. The minimum atomic E-state index is 0.328. The molecule has 3 aromatic rings. The molecular formula is C20H25N5O. The number of nitrogen functional groups attached to an aromatic ring is 1. The molecule has 6 nitrogen and oxygen atoms in total. The number of ether oxygens (including phenoxy) is 1. The molecule has 0 bridgehead atoms. The first kappa shape index (κ1) is 17.0. The van der Waals surface area contributed by atoms with Crippen LogP contribution in [0.4, 0.5) is 5.95 Å². The highest BCUT2D eigenvalue weighted by Gasteiger charge is 2.23. The number of benzene rings is 1. The van der Waals surface area contributed by atoms with E-state index < -0.39 is 0 Å². The van der Waals surface area contributed by atoms with Crippen molar-refractivity contribution in [1.29, 1.82) is 0 Å². The molecule has 6 heteroatoms. The number of nitrogens with zero attached hydrogens (tertiary/aromatic N) is 4. The highest BCUT2D eigenvalue weighted by atomic mass is 16.5. The molecular weight excluding hydrogens is 326 g/mol. The van der Waals surface area contributed by atoms with Gasteiger partial charge in [-0.3, -0.25) is 0 Å². The van der Waals surface area contributed by atoms with E-state index in [1.54, 1.807) is 7.11 Å². The van der Waals surface area contributed by atoms with Crippen molar-refractivity contribution in [3.05, 3.63) is 42.7 Å². The molecule has 0 atom stereocenters. The van der Waals surface area contributed by atoms with Gasteiger partial charge in [0.25, 0.3) is 0 Å². The van der Waals surface area contributed by atoms with E-state index in [-0.39, 0.29) is 0 Å². The van der Waals surface area contributed by atoms with Crippen molar-refractivity contribution in [2.24, 2.45) is 0 Å². The number of nitrogens with two attached hydrogens (primary N) is 1. The molecule has 1 aliphatic rings. The van der Waals surface area contributed by atoms with Gasteiger partial charge in [-0.15, -0.1) is 0 Å². The fourth-order valence-corrected chi connectivity index (χ4v) is 3.81. The third kappa shape index (κ3) is 3.30. The van der Waals surface area contributed by atoms with Crippen LogP contribution >= 0.6 is 0 Å². The number of methoxy groups -OCH3 is 1. The Hall–Kier alpha value is -2.44. The molecule has 0 amide bonds. The van der Waals surface area contributed by atoms with Crippen LogP contribution in [0.25, 0.3) is 22.2 Å². The Kier molecular flexibility index (Phi) is 4.86. The monoisotopic (exact) mass is 351 g/mol. The van der Waals surface area contributed by atoms with E-state index in [1.165, 1.54) is 11.1 Å². The number of fused-ring (bicyclic) bond motifs is 1. The van der Waals surface area contributed by atoms with E-state index in [0.29, 0.717) is 12.0 Å². The number of anilines is 1. The van der Waals surface area contributed by atoms with Crippen molar-refractivity contribution < 1.29 is 4.74 Å². The van der Waals surface area contributed by atoms with Gasteiger partial charge in [0.1, 0.15) is 5.65 Å². The Labute approximate surface area is 153 Å². The molecule has 2 aromatic heterocycles. The summed E-state index contributed by atoms with van der Waals surface area (Å²) < 4.78 is 7.51. The molecule has 136 valence electrons. The SMILES string of the molecule is COCCN1CCC(n2cc(-c3ccccc3)c3cnc(N)nc32)CC1. The summed E-state index contributed by atoms with van der Waals surface area (Å²) in [5.74, 6) is 0.328. The molecule has 3 heterocycles. The van der Waals surface area contributed by atoms with E-state index in [4.69, 9.17) is 10.5 Å². The van der Waals surface area contributed by atoms with Crippen LogP contribution in [0.1, 0.15) is 18.9 Å². The number of piperidine rings is 1. The predicted octanol–water partition coefficient (Wildman–Crippen LogP) is 2.96. The smallest absolute Gasteiger partial charge is 0.221 e. The standard InChI is InChI=1S/C20H25N5O/c1-26-12-11-24-9-7-16(8-10-24)25-14-18(15-5-3-2-4-6-15)17-13-22-20(21)23-19(17)25/h2-6,13-14,16H,7-12H2,1H3,(H2,21,22,23). The zero-order chi connectivity index (χ0) is 17.9. The highest BCUT2D eigenvalue weighted by molar-refractivity contribution is 5.94. The summed E-state index contributed by atoms with van der Waals surface area (Å²) in [6, 6.07) is 10.8. The van der Waals surface area contributed by atoms with E-state index in [2.05, 4.69) is 49.9 Å². The maximum atomic E-state index is 5.89. The second-order valence-electron chi connectivity index (χ2n) is 6.85. The third-order valence-electron chi connectivity index (χ3n) is 5.24. The predicted molar refractivity (Wildman–Crippen MR) is 104 cm³/mol. The van der Waals surface area contributed by atoms with Crippen LogP contribution in [-0.4, -0.2) is 52.8 Å². The summed E-state index contributed by atoms with van der Waals surface area (Å²) in [4.78, 5) is 11.3. The Bertz CT molecular complexity index is 869. The lowest BCUT2D eigenvalue weighted by Crippen LogP contribution is -2.36. The molecule has 2 N–H and O–H groups in total. The molecule has 26 heavy (non-hydrogen) atoms. The summed E-state index contributed by atoms with van der Waals surface area (Å²) in [5.41, 5.74) is 9.18. The third-order valence-corrected chi connectivity index (χ3v) is 5.24. The average molecular weight is 351 g/mol. The van der Waals surface area contributed by atoms with Crippen LogP contribution in [-0.2, 0) is 4.74 Å². The van der Waals surface area contributed by atoms with Crippen molar-refractivity contribution >= 4 is 17.0 Å². The van der Waals surface area contributed by atoms with E-state index in [1.807, 2.05) is 12.3 Å². The fraction of sp³-hybridized carbons (Fsp3) is 0.400. The lowest BCUT2D eigenvalue weighted by atomic mass is 10.0. The van der Waals surface area contributed by atoms with Crippen LogP contribution in [0.5, 0.6) is 0 Å². The molecule has 0 unspecified atom stereocenters. The first-order chi connectivity index (χ1) is 12.8. The zero-order valence-electron chi connectivity index (χ0n) is 15.1. The molecule has 4 rings (SSSR count). The largest absolute Gasteiger partial charge is 0.383 e. The second kappa shape index (κ2) is 7.43. The molecule has 1 aromatic carbocycles. The normalized spacial score (nSPS) is 16.3. The van der Waals surface area contributed by atoms with Gasteiger partial charge >= 0.3 is 0 Å².